The first-order valence-electron chi connectivity index (χ1n) is 7.25. The molecule has 0 rings (SSSR count). The monoisotopic (exact) mass is 329 g/mol. The molecule has 0 aromatic heterocycles. The summed E-state index contributed by atoms with van der Waals surface area (Å²) in [4.78, 5) is 2.55. The van der Waals surface area contributed by atoms with Gasteiger partial charge < -0.3 is 0 Å². The van der Waals surface area contributed by atoms with Crippen molar-refractivity contribution < 1.29 is 0 Å². The first-order valence-corrected chi connectivity index (χ1v) is 13.4. The van der Waals surface area contributed by atoms with Gasteiger partial charge in [0.05, 0.1) is 0 Å². The zero-order valence-electron chi connectivity index (χ0n) is 12.4. The summed E-state index contributed by atoms with van der Waals surface area (Å²) in [7, 11) is 0. The molecule has 0 aromatic carbocycles. The molecule has 0 N–H and O–H groups in total. The van der Waals surface area contributed by atoms with Crippen LogP contribution in [0.1, 0.15) is 54.4 Å². The fourth-order valence-corrected chi connectivity index (χ4v) is 13.1. The van der Waals surface area contributed by atoms with Crippen LogP contribution in [-0.2, 0) is 0 Å². The van der Waals surface area contributed by atoms with Gasteiger partial charge >= 0.3 is 112 Å². The van der Waals surface area contributed by atoms with E-state index in [-0.39, 0.29) is 0 Å². The van der Waals surface area contributed by atoms with Crippen LogP contribution in [0.3, 0.4) is 0 Å². The maximum absolute atomic E-state index is 2.55. The van der Waals surface area contributed by atoms with E-state index in [2.05, 4.69) is 46.4 Å². The number of nitrogens with zero attached hydrogens (tertiary/aromatic N) is 1. The van der Waals surface area contributed by atoms with Crippen LogP contribution in [0.4, 0.5) is 0 Å². The Morgan fingerprint density at radius 1 is 0.875 bits per heavy atom. The van der Waals surface area contributed by atoms with E-state index in [4.69, 9.17) is 0 Å². The minimum atomic E-state index is -1.19. The van der Waals surface area contributed by atoms with E-state index in [9.17, 15) is 0 Å². The molecule has 0 aromatic rings. The average molecular weight is 329 g/mol. The predicted octanol–water partition coefficient (Wildman–Crippen LogP) is 4.42. The molecule has 0 unspecified atom stereocenters. The predicted molar refractivity (Wildman–Crippen MR) is 77.8 cm³/mol. The summed E-state index contributed by atoms with van der Waals surface area (Å²) in [6, 6.07) is 0. The van der Waals surface area contributed by atoms with Crippen LogP contribution in [0, 0.1) is 0 Å². The summed E-state index contributed by atoms with van der Waals surface area (Å²) < 4.78 is 3.73. The zero-order valence-corrected chi connectivity index (χ0v) is 15.7. The van der Waals surface area contributed by atoms with Gasteiger partial charge in [0, 0.05) is 0 Å². The van der Waals surface area contributed by atoms with Gasteiger partial charge in [-0.15, -0.1) is 0 Å². The van der Waals surface area contributed by atoms with Crippen LogP contribution in [0.15, 0.2) is 0 Å². The maximum atomic E-state index is 2.55. The summed E-state index contributed by atoms with van der Waals surface area (Å²) in [6.07, 6.45) is 2.92. The van der Waals surface area contributed by atoms with Crippen molar-refractivity contribution in [3.8, 4) is 0 Å². The van der Waals surface area contributed by atoms with Crippen LogP contribution in [0.5, 0.6) is 0 Å². The Morgan fingerprint density at radius 2 is 1.38 bits per heavy atom. The molecule has 0 aliphatic rings. The van der Waals surface area contributed by atoms with E-state index in [1.54, 1.807) is 4.18 Å². The quantitative estimate of drug-likeness (QED) is 0.566. The first-order chi connectivity index (χ1) is 7.52. The van der Waals surface area contributed by atoms with E-state index in [0.717, 1.165) is 7.35 Å². The fourth-order valence-electron chi connectivity index (χ4n) is 2.69. The Balaban J connectivity index is 3.70. The third kappa shape index (κ3) is 7.21. The van der Waals surface area contributed by atoms with E-state index in [0.29, 0.717) is 0 Å². The van der Waals surface area contributed by atoms with Crippen molar-refractivity contribution in [2.45, 2.75) is 65.9 Å². The Kier molecular flexibility index (Phi) is 10.3. The standard InChI is InChI=1S/C8H18N.2C3H7.In/c1-4-7-8-9(5-2)6-3;2*1-3-2;/h1,4-8H2,2-3H3;2*3H,1-2H3;. The zero-order chi connectivity index (χ0) is 12.6. The minimum absolute atomic E-state index is 1.05. The van der Waals surface area contributed by atoms with Gasteiger partial charge in [0.15, 0.2) is 0 Å². The summed E-state index contributed by atoms with van der Waals surface area (Å²) in [6.45, 7) is 18.2. The number of rotatable bonds is 9. The molecular weight excluding hydrogens is 297 g/mol. The molecule has 0 heterocycles. The van der Waals surface area contributed by atoms with Crippen molar-refractivity contribution in [2.24, 2.45) is 0 Å². The molecule has 1 nitrogen and oxygen atoms in total. The second-order valence-corrected chi connectivity index (χ2v) is 18.7. The molecule has 96 valence electrons. The normalized spacial score (nSPS) is 11.8. The molecule has 0 saturated heterocycles. The van der Waals surface area contributed by atoms with Crippen molar-refractivity contribution in [1.82, 2.24) is 4.90 Å². The topological polar surface area (TPSA) is 3.24 Å². The van der Waals surface area contributed by atoms with E-state index in [1.165, 1.54) is 32.5 Å². The Labute approximate surface area is 112 Å². The molecule has 0 bridgehead atoms. The Morgan fingerprint density at radius 3 is 1.75 bits per heavy atom. The van der Waals surface area contributed by atoms with Crippen molar-refractivity contribution in [2.75, 3.05) is 19.6 Å². The van der Waals surface area contributed by atoms with Gasteiger partial charge in [0.25, 0.3) is 0 Å². The molecule has 0 fully saturated rings. The molecule has 0 amide bonds. The van der Waals surface area contributed by atoms with Crippen molar-refractivity contribution in [3.63, 3.8) is 0 Å². The molecular formula is C14H32InN. The third-order valence-electron chi connectivity index (χ3n) is 3.87. The van der Waals surface area contributed by atoms with Crippen LogP contribution in [-0.4, -0.2) is 46.0 Å². The summed E-state index contributed by atoms with van der Waals surface area (Å²) in [5.74, 6) is 0. The van der Waals surface area contributed by atoms with Gasteiger partial charge in [-0.3, -0.25) is 0 Å². The summed E-state index contributed by atoms with van der Waals surface area (Å²) >= 11 is -1.19. The molecule has 0 spiro atoms. The summed E-state index contributed by atoms with van der Waals surface area (Å²) in [5, 5.41) is 0. The van der Waals surface area contributed by atoms with Gasteiger partial charge in [-0.05, 0) is 0 Å². The van der Waals surface area contributed by atoms with Gasteiger partial charge in [0.2, 0.25) is 0 Å². The number of unbranched alkanes of at least 4 members (excludes halogenated alkanes) is 1. The number of hydrogen-bond acceptors (Lipinski definition) is 1. The molecule has 16 heavy (non-hydrogen) atoms. The molecule has 0 saturated carbocycles. The molecule has 0 aliphatic heterocycles. The average Bonchev–Trinajstić information content (AvgIpc) is 2.22. The summed E-state index contributed by atoms with van der Waals surface area (Å²) in [5.41, 5.74) is 0. The van der Waals surface area contributed by atoms with Gasteiger partial charge in [-0.25, -0.2) is 0 Å². The van der Waals surface area contributed by atoms with E-state index >= 15 is 0 Å². The van der Waals surface area contributed by atoms with E-state index in [1.807, 2.05) is 0 Å². The first kappa shape index (κ1) is 16.8. The van der Waals surface area contributed by atoms with Crippen molar-refractivity contribution in [3.05, 3.63) is 0 Å². The Hall–Kier alpha value is 0.830. The van der Waals surface area contributed by atoms with Gasteiger partial charge in [-0.2, -0.15) is 0 Å². The van der Waals surface area contributed by atoms with Crippen LogP contribution >= 0.6 is 0 Å². The van der Waals surface area contributed by atoms with E-state index < -0.39 is 21.4 Å². The van der Waals surface area contributed by atoms with Crippen molar-refractivity contribution >= 4 is 21.4 Å². The van der Waals surface area contributed by atoms with Gasteiger partial charge in [-0.1, -0.05) is 0 Å². The SMILES string of the molecule is CCN(CC)CCC[CH2][In]([CH](C)C)[CH](C)C. The second kappa shape index (κ2) is 9.82. The van der Waals surface area contributed by atoms with Crippen LogP contribution in [0.25, 0.3) is 0 Å². The molecule has 0 radical (unpaired) electrons. The third-order valence-corrected chi connectivity index (χ3v) is 16.7. The fraction of sp³-hybridized carbons (Fsp3) is 1.00. The second-order valence-electron chi connectivity index (χ2n) is 5.67. The van der Waals surface area contributed by atoms with Gasteiger partial charge in [0.1, 0.15) is 0 Å². The molecule has 2 heteroatoms. The molecule has 0 aliphatic carbocycles. The number of hydrogen-bond donors (Lipinski definition) is 0. The Bertz CT molecular complexity index is 145. The van der Waals surface area contributed by atoms with Crippen molar-refractivity contribution in [1.29, 1.82) is 0 Å². The molecule has 0 atom stereocenters. The van der Waals surface area contributed by atoms with Crippen LogP contribution < -0.4 is 0 Å². The van der Waals surface area contributed by atoms with Crippen LogP contribution in [0.2, 0.25) is 11.5 Å².